The van der Waals surface area contributed by atoms with Gasteiger partial charge in [-0.2, -0.15) is 0 Å². The van der Waals surface area contributed by atoms with Crippen molar-refractivity contribution >= 4 is 18.0 Å². The highest BCUT2D eigenvalue weighted by Crippen LogP contribution is 2.09. The number of rotatable bonds is 2. The van der Waals surface area contributed by atoms with E-state index < -0.39 is 0 Å². The molecule has 0 aliphatic heterocycles. The quantitative estimate of drug-likeness (QED) is 0.616. The third kappa shape index (κ3) is 11.1. The van der Waals surface area contributed by atoms with Crippen molar-refractivity contribution in [3.63, 3.8) is 0 Å². The Bertz CT molecular complexity index is 384. The Kier molecular flexibility index (Phi) is 10.9. The lowest BCUT2D eigenvalue weighted by molar-refractivity contribution is -0.130. The summed E-state index contributed by atoms with van der Waals surface area (Å²) < 4.78 is 4.15. The summed E-state index contributed by atoms with van der Waals surface area (Å²) in [6.07, 6.45) is 2.20. The van der Waals surface area contributed by atoms with Gasteiger partial charge in [-0.1, -0.05) is 35.9 Å². The Morgan fingerprint density at radius 1 is 1.10 bits per heavy atom. The van der Waals surface area contributed by atoms with Crippen LogP contribution in [0.15, 0.2) is 30.3 Å². The molecule has 0 N–H and O–H groups in total. The second kappa shape index (κ2) is 12.1. The van der Waals surface area contributed by atoms with Crippen LogP contribution in [0.3, 0.4) is 0 Å². The maximum absolute atomic E-state index is 10.5. The molecular formula is C16H22O4. The summed E-state index contributed by atoms with van der Waals surface area (Å²) in [6.45, 7) is 4.75. The summed E-state index contributed by atoms with van der Waals surface area (Å²) in [5.41, 5.74) is 1.32. The first-order chi connectivity index (χ1) is 9.60. The second-order valence-electron chi connectivity index (χ2n) is 4.31. The molecule has 0 amide bonds. The van der Waals surface area contributed by atoms with Crippen LogP contribution in [0.5, 0.6) is 0 Å². The molecule has 110 valence electrons. The lowest BCUT2D eigenvalue weighted by atomic mass is 9.98. The van der Waals surface area contributed by atoms with Crippen molar-refractivity contribution in [2.75, 3.05) is 6.61 Å². The van der Waals surface area contributed by atoms with Gasteiger partial charge in [0.25, 0.3) is 6.47 Å². The molecule has 20 heavy (non-hydrogen) atoms. The lowest BCUT2D eigenvalue weighted by Gasteiger charge is -2.04. The molecule has 1 aliphatic rings. The highest BCUT2D eigenvalue weighted by molar-refractivity contribution is 6.01. The highest BCUT2D eigenvalue weighted by Gasteiger charge is 2.14. The molecule has 1 saturated carbocycles. The predicted molar refractivity (Wildman–Crippen MR) is 77.4 cm³/mol. The van der Waals surface area contributed by atoms with Gasteiger partial charge in [0, 0.05) is 12.8 Å². The van der Waals surface area contributed by atoms with Gasteiger partial charge in [0.05, 0.1) is 13.0 Å². The fraction of sp³-hybridized carbons (Fsp3) is 0.438. The van der Waals surface area contributed by atoms with Crippen molar-refractivity contribution in [3.8, 4) is 0 Å². The smallest absolute Gasteiger partial charge is 0.293 e. The van der Waals surface area contributed by atoms with E-state index in [1.54, 1.807) is 6.92 Å². The molecule has 0 unspecified atom stereocenters. The van der Waals surface area contributed by atoms with E-state index in [-0.39, 0.29) is 18.0 Å². The van der Waals surface area contributed by atoms with Gasteiger partial charge in [0.2, 0.25) is 0 Å². The zero-order valence-electron chi connectivity index (χ0n) is 12.1. The number of benzene rings is 1. The maximum atomic E-state index is 10.5. The summed E-state index contributed by atoms with van der Waals surface area (Å²) in [7, 11) is 0. The van der Waals surface area contributed by atoms with Gasteiger partial charge in [0.15, 0.2) is 0 Å². The molecule has 1 aromatic rings. The first kappa shape index (κ1) is 18.0. The topological polar surface area (TPSA) is 60.4 Å². The molecule has 2 rings (SSSR count). The SMILES string of the molecule is CCOC=O.Cc1ccccc1.O=C1CCCC(=O)C1. The van der Waals surface area contributed by atoms with Gasteiger partial charge < -0.3 is 4.74 Å². The Hall–Kier alpha value is -1.97. The second-order valence-corrected chi connectivity index (χ2v) is 4.31. The zero-order valence-corrected chi connectivity index (χ0v) is 12.1. The summed E-state index contributed by atoms with van der Waals surface area (Å²) >= 11 is 0. The Labute approximate surface area is 120 Å². The minimum Gasteiger partial charge on any atom is -0.468 e. The van der Waals surface area contributed by atoms with Crippen LogP contribution < -0.4 is 0 Å². The molecule has 1 aromatic carbocycles. The fourth-order valence-corrected chi connectivity index (χ4v) is 1.48. The Morgan fingerprint density at radius 3 is 1.85 bits per heavy atom. The van der Waals surface area contributed by atoms with Crippen molar-refractivity contribution in [2.45, 2.75) is 39.5 Å². The number of Topliss-reactive ketones (excluding diaryl/α,β-unsaturated/α-hetero) is 2. The van der Waals surface area contributed by atoms with E-state index in [0.717, 1.165) is 6.42 Å². The minimum absolute atomic E-state index is 0.112. The molecule has 1 fully saturated rings. The summed E-state index contributed by atoms with van der Waals surface area (Å²) in [5.74, 6) is 0.225. The largest absolute Gasteiger partial charge is 0.468 e. The molecule has 0 heterocycles. The number of hydrogen-bond donors (Lipinski definition) is 0. The number of carbonyl (C=O) groups is 3. The van der Waals surface area contributed by atoms with Gasteiger partial charge in [-0.3, -0.25) is 14.4 Å². The Morgan fingerprint density at radius 2 is 1.65 bits per heavy atom. The van der Waals surface area contributed by atoms with E-state index in [1.807, 2.05) is 18.2 Å². The van der Waals surface area contributed by atoms with Gasteiger partial charge in [-0.15, -0.1) is 0 Å². The number of ketones is 2. The normalized spacial score (nSPS) is 13.3. The summed E-state index contributed by atoms with van der Waals surface area (Å²) in [4.78, 5) is 30.1. The molecule has 1 aliphatic carbocycles. The van der Waals surface area contributed by atoms with Crippen molar-refractivity contribution in [1.82, 2.24) is 0 Å². The van der Waals surface area contributed by atoms with Crippen LogP contribution in [0, 0.1) is 6.92 Å². The average molecular weight is 278 g/mol. The number of ether oxygens (including phenoxy) is 1. The van der Waals surface area contributed by atoms with Crippen LogP contribution >= 0.6 is 0 Å². The average Bonchev–Trinajstić information content (AvgIpc) is 2.41. The van der Waals surface area contributed by atoms with Crippen LogP contribution in [0.25, 0.3) is 0 Å². The van der Waals surface area contributed by atoms with E-state index in [0.29, 0.717) is 25.9 Å². The molecule has 0 radical (unpaired) electrons. The standard InChI is InChI=1S/C7H8.C6H8O2.C3H6O2/c1-7-5-3-2-4-6-7;7-5-2-1-3-6(8)4-5;1-2-5-3-4/h2-6H,1H3;1-4H2;3H,2H2,1H3. The maximum Gasteiger partial charge on any atom is 0.293 e. The van der Waals surface area contributed by atoms with Gasteiger partial charge in [-0.05, 0) is 20.3 Å². The molecule has 4 nitrogen and oxygen atoms in total. The molecule has 4 heteroatoms. The van der Waals surface area contributed by atoms with Crippen molar-refractivity contribution in [3.05, 3.63) is 35.9 Å². The van der Waals surface area contributed by atoms with Crippen LogP contribution in [0.2, 0.25) is 0 Å². The Balaban J connectivity index is 0.000000280. The zero-order chi connectivity index (χ0) is 15.2. The highest BCUT2D eigenvalue weighted by atomic mass is 16.5. The molecule has 0 atom stereocenters. The van der Waals surface area contributed by atoms with E-state index in [9.17, 15) is 14.4 Å². The number of aryl methyl sites for hydroxylation is 1. The molecule has 0 saturated heterocycles. The van der Waals surface area contributed by atoms with Gasteiger partial charge >= 0.3 is 0 Å². The van der Waals surface area contributed by atoms with E-state index in [2.05, 4.69) is 23.8 Å². The van der Waals surface area contributed by atoms with E-state index in [4.69, 9.17) is 0 Å². The van der Waals surface area contributed by atoms with Crippen molar-refractivity contribution < 1.29 is 19.1 Å². The van der Waals surface area contributed by atoms with Crippen LogP contribution in [-0.2, 0) is 19.1 Å². The summed E-state index contributed by atoms with van der Waals surface area (Å²) in [5, 5.41) is 0. The molecule has 0 spiro atoms. The summed E-state index contributed by atoms with van der Waals surface area (Å²) in [6, 6.07) is 10.3. The molecular weight excluding hydrogens is 256 g/mol. The third-order valence-electron chi connectivity index (χ3n) is 2.48. The number of carbonyl (C=O) groups excluding carboxylic acids is 3. The monoisotopic (exact) mass is 278 g/mol. The van der Waals surface area contributed by atoms with E-state index in [1.165, 1.54) is 5.56 Å². The predicted octanol–water partition coefficient (Wildman–Crippen LogP) is 2.87. The van der Waals surface area contributed by atoms with Crippen LogP contribution in [0.1, 0.15) is 38.2 Å². The minimum atomic E-state index is 0.112. The first-order valence-electron chi connectivity index (χ1n) is 6.70. The van der Waals surface area contributed by atoms with Gasteiger partial charge in [-0.25, -0.2) is 0 Å². The number of hydrogen-bond acceptors (Lipinski definition) is 4. The van der Waals surface area contributed by atoms with Crippen molar-refractivity contribution in [1.29, 1.82) is 0 Å². The molecule has 0 bridgehead atoms. The van der Waals surface area contributed by atoms with Crippen LogP contribution in [0.4, 0.5) is 0 Å². The van der Waals surface area contributed by atoms with Crippen molar-refractivity contribution in [2.24, 2.45) is 0 Å². The van der Waals surface area contributed by atoms with Gasteiger partial charge in [0.1, 0.15) is 11.6 Å². The third-order valence-corrected chi connectivity index (χ3v) is 2.48. The first-order valence-corrected chi connectivity index (χ1v) is 6.70. The van der Waals surface area contributed by atoms with E-state index >= 15 is 0 Å². The lowest BCUT2D eigenvalue weighted by Crippen LogP contribution is -2.13. The molecule has 0 aromatic heterocycles. The van der Waals surface area contributed by atoms with Crippen LogP contribution in [-0.4, -0.2) is 24.6 Å². The fourth-order valence-electron chi connectivity index (χ4n) is 1.48.